The van der Waals surface area contributed by atoms with E-state index in [0.717, 1.165) is 21.8 Å². The molecule has 2 heterocycles. The molecular formula is C27H25Cl2N2Rh. The van der Waals surface area contributed by atoms with E-state index in [2.05, 4.69) is 92.3 Å². The largest absolute Gasteiger partial charge is 2.00 e. The summed E-state index contributed by atoms with van der Waals surface area (Å²) in [5.74, 6) is 7.15. The summed E-state index contributed by atoms with van der Waals surface area (Å²) < 4.78 is 0. The van der Waals surface area contributed by atoms with Crippen LogP contribution in [0.5, 0.6) is 0 Å². The number of hydrogen-bond acceptors (Lipinski definition) is 2. The molecule has 2 nitrogen and oxygen atoms in total. The first-order valence-electron chi connectivity index (χ1n) is 9.95. The van der Waals surface area contributed by atoms with Crippen molar-refractivity contribution < 1.29 is 44.3 Å². The maximum atomic E-state index is 4.35. The summed E-state index contributed by atoms with van der Waals surface area (Å²) in [4.78, 5) is 8.69. The molecule has 0 spiro atoms. The second-order valence-corrected chi connectivity index (χ2v) is 7.46. The SMILES string of the molecule is C[C]1[C](C)[C](C)[C](c2ccccc2)[C]1C.[Cl-].[Cl-].[Rh+2].c1cnc2c(c1)ccc1cccnc12. The summed E-state index contributed by atoms with van der Waals surface area (Å²) in [7, 11) is 0. The second-order valence-electron chi connectivity index (χ2n) is 7.46. The minimum Gasteiger partial charge on any atom is -1.00 e. The Balaban J connectivity index is 0.000000293. The molecule has 32 heavy (non-hydrogen) atoms. The number of nitrogens with zero attached hydrogens (tertiary/aromatic N) is 2. The van der Waals surface area contributed by atoms with Crippen LogP contribution in [-0.2, 0) is 19.5 Å². The molecule has 1 saturated carbocycles. The van der Waals surface area contributed by atoms with Gasteiger partial charge in [-0.25, -0.2) is 0 Å². The Kier molecular flexibility index (Phi) is 11.3. The summed E-state index contributed by atoms with van der Waals surface area (Å²) in [6, 6.07) is 22.8. The standard InChI is InChI=1S/C15H17.C12H8N2.2ClH.Rh/c1-10-11(2)13(4)15(12(10)3)14-8-6-5-7-9-14;1-3-9-5-6-10-4-2-8-14-12(10)11(9)13-7-1;;;/h5-9H,1-4H3;1-8H;2*1H;/q;;;;+2/p-2. The fourth-order valence-corrected chi connectivity index (χ4v) is 3.94. The van der Waals surface area contributed by atoms with E-state index in [1.54, 1.807) is 12.4 Å². The Morgan fingerprint density at radius 3 is 1.38 bits per heavy atom. The van der Waals surface area contributed by atoms with E-state index in [4.69, 9.17) is 0 Å². The number of aromatic nitrogens is 2. The minimum absolute atomic E-state index is 0. The normalized spacial score (nSPS) is 15.4. The van der Waals surface area contributed by atoms with Crippen LogP contribution in [-0.4, -0.2) is 9.97 Å². The van der Waals surface area contributed by atoms with Crippen LogP contribution in [0, 0.1) is 29.6 Å². The van der Waals surface area contributed by atoms with Gasteiger partial charge in [-0.05, 0) is 41.4 Å². The Morgan fingerprint density at radius 2 is 0.938 bits per heavy atom. The Morgan fingerprint density at radius 1 is 0.500 bits per heavy atom. The molecule has 6 radical (unpaired) electrons. The van der Waals surface area contributed by atoms with Crippen molar-refractivity contribution in [3.63, 3.8) is 0 Å². The van der Waals surface area contributed by atoms with Gasteiger partial charge in [0.25, 0.3) is 0 Å². The Bertz CT molecular complexity index is 1040. The zero-order valence-electron chi connectivity index (χ0n) is 18.5. The first-order valence-corrected chi connectivity index (χ1v) is 9.95. The van der Waals surface area contributed by atoms with E-state index in [1.165, 1.54) is 35.2 Å². The van der Waals surface area contributed by atoms with E-state index in [0.29, 0.717) is 0 Å². The minimum atomic E-state index is 0. The molecule has 1 aliphatic carbocycles. The van der Waals surface area contributed by atoms with Gasteiger partial charge in [0.15, 0.2) is 0 Å². The monoisotopic (exact) mass is 550 g/mol. The molecular weight excluding hydrogens is 526 g/mol. The Hall–Kier alpha value is -1.54. The van der Waals surface area contributed by atoms with Gasteiger partial charge in [-0.2, -0.15) is 0 Å². The van der Waals surface area contributed by atoms with Gasteiger partial charge in [0.2, 0.25) is 0 Å². The molecule has 0 unspecified atom stereocenters. The third-order valence-corrected chi connectivity index (χ3v) is 5.84. The van der Waals surface area contributed by atoms with E-state index >= 15 is 0 Å². The van der Waals surface area contributed by atoms with Crippen molar-refractivity contribution in [3.05, 3.63) is 114 Å². The van der Waals surface area contributed by atoms with Crippen LogP contribution in [0.1, 0.15) is 33.3 Å². The molecule has 2 aromatic heterocycles. The van der Waals surface area contributed by atoms with E-state index < -0.39 is 0 Å². The van der Waals surface area contributed by atoms with Crippen LogP contribution < -0.4 is 24.8 Å². The Labute approximate surface area is 217 Å². The van der Waals surface area contributed by atoms with Gasteiger partial charge in [-0.1, -0.05) is 82.3 Å². The molecule has 5 heteroatoms. The molecule has 0 bridgehead atoms. The molecule has 0 aliphatic heterocycles. The molecule has 1 aliphatic rings. The molecule has 1 fully saturated rings. The van der Waals surface area contributed by atoms with Crippen molar-refractivity contribution in [1.29, 1.82) is 0 Å². The summed E-state index contributed by atoms with van der Waals surface area (Å²) in [6.45, 7) is 8.86. The molecule has 5 rings (SSSR count). The van der Waals surface area contributed by atoms with Crippen molar-refractivity contribution in [2.24, 2.45) is 0 Å². The van der Waals surface area contributed by atoms with Gasteiger partial charge in [0.05, 0.1) is 11.0 Å². The molecule has 0 amide bonds. The second kappa shape index (κ2) is 12.6. The van der Waals surface area contributed by atoms with Gasteiger partial charge in [-0.3, -0.25) is 9.97 Å². The molecule has 0 saturated heterocycles. The fraction of sp³-hybridized carbons (Fsp3) is 0.148. The zero-order chi connectivity index (χ0) is 20.4. The maximum absolute atomic E-state index is 4.35. The van der Waals surface area contributed by atoms with Gasteiger partial charge in [0.1, 0.15) is 0 Å². The maximum Gasteiger partial charge on any atom is 2.00 e. The van der Waals surface area contributed by atoms with Crippen molar-refractivity contribution in [3.8, 4) is 0 Å². The number of fused-ring (bicyclic) bond motifs is 3. The fourth-order valence-electron chi connectivity index (χ4n) is 3.94. The van der Waals surface area contributed by atoms with Crippen molar-refractivity contribution in [2.75, 3.05) is 0 Å². The van der Waals surface area contributed by atoms with Gasteiger partial charge in [0, 0.05) is 29.1 Å². The van der Waals surface area contributed by atoms with Crippen molar-refractivity contribution >= 4 is 21.8 Å². The first kappa shape index (κ1) is 28.5. The van der Waals surface area contributed by atoms with Crippen LogP contribution >= 0.6 is 0 Å². The van der Waals surface area contributed by atoms with Crippen LogP contribution in [0.3, 0.4) is 0 Å². The van der Waals surface area contributed by atoms with Crippen molar-refractivity contribution in [2.45, 2.75) is 27.7 Å². The number of benzene rings is 2. The van der Waals surface area contributed by atoms with Gasteiger partial charge in [-0.15, -0.1) is 0 Å². The van der Waals surface area contributed by atoms with E-state index in [-0.39, 0.29) is 44.3 Å². The number of hydrogen-bond donors (Lipinski definition) is 0. The third kappa shape index (κ3) is 5.68. The first-order chi connectivity index (χ1) is 14.1. The summed E-state index contributed by atoms with van der Waals surface area (Å²) in [5.41, 5.74) is 3.29. The third-order valence-electron chi connectivity index (χ3n) is 5.84. The van der Waals surface area contributed by atoms with E-state index in [1.807, 2.05) is 12.1 Å². The predicted octanol–water partition coefficient (Wildman–Crippen LogP) is 0.789. The molecule has 0 N–H and O–H groups in total. The van der Waals surface area contributed by atoms with Crippen LogP contribution in [0.2, 0.25) is 0 Å². The van der Waals surface area contributed by atoms with Crippen molar-refractivity contribution in [1.82, 2.24) is 9.97 Å². The average Bonchev–Trinajstić information content (AvgIpc) is 2.97. The summed E-state index contributed by atoms with van der Waals surface area (Å²) in [6.07, 6.45) is 3.60. The summed E-state index contributed by atoms with van der Waals surface area (Å²) >= 11 is 0. The number of halogens is 2. The molecule has 0 atom stereocenters. The van der Waals surface area contributed by atoms with Gasteiger partial charge < -0.3 is 24.8 Å². The van der Waals surface area contributed by atoms with Crippen LogP contribution in [0.15, 0.2) is 79.1 Å². The average molecular weight is 551 g/mol. The smallest absolute Gasteiger partial charge is 1.00 e. The molecule has 4 aromatic rings. The van der Waals surface area contributed by atoms with Crippen LogP contribution in [0.4, 0.5) is 0 Å². The predicted molar refractivity (Wildman–Crippen MR) is 121 cm³/mol. The number of rotatable bonds is 1. The van der Waals surface area contributed by atoms with Gasteiger partial charge >= 0.3 is 19.5 Å². The quantitative estimate of drug-likeness (QED) is 0.259. The molecule has 2 aromatic carbocycles. The summed E-state index contributed by atoms with van der Waals surface area (Å²) in [5, 5.41) is 2.28. The van der Waals surface area contributed by atoms with E-state index in [9.17, 15) is 0 Å². The number of pyridine rings is 2. The topological polar surface area (TPSA) is 25.8 Å². The van der Waals surface area contributed by atoms with Crippen LogP contribution in [0.25, 0.3) is 21.8 Å². The zero-order valence-corrected chi connectivity index (χ0v) is 21.6. The molecule has 166 valence electrons.